The molecule has 22 heavy (non-hydrogen) atoms. The van der Waals surface area contributed by atoms with Crippen molar-refractivity contribution in [1.29, 1.82) is 0 Å². The van der Waals surface area contributed by atoms with Gasteiger partial charge in [0, 0.05) is 19.8 Å². The van der Waals surface area contributed by atoms with Crippen LogP contribution in [0.3, 0.4) is 0 Å². The number of aliphatic hydroxyl groups excluding tert-OH is 1. The summed E-state index contributed by atoms with van der Waals surface area (Å²) in [7, 11) is 0. The number of unbranched alkanes of at least 4 members (excludes halogenated alkanes) is 3. The zero-order chi connectivity index (χ0) is 16.2. The smallest absolute Gasteiger partial charge is 0.184 e. The first-order valence-electron chi connectivity index (χ1n) is 8.89. The van der Waals surface area contributed by atoms with Crippen LogP contribution in [0.25, 0.3) is 0 Å². The van der Waals surface area contributed by atoms with Crippen molar-refractivity contribution in [1.82, 2.24) is 0 Å². The van der Waals surface area contributed by atoms with Gasteiger partial charge in [-0.1, -0.05) is 40.0 Å². The van der Waals surface area contributed by atoms with Crippen molar-refractivity contribution in [2.24, 2.45) is 0 Å². The Hall–Kier alpha value is -0.200. The van der Waals surface area contributed by atoms with Gasteiger partial charge in [0.2, 0.25) is 0 Å². The van der Waals surface area contributed by atoms with Crippen molar-refractivity contribution in [2.75, 3.05) is 26.4 Å². The molecule has 0 amide bonds. The van der Waals surface area contributed by atoms with Gasteiger partial charge in [-0.15, -0.1) is 0 Å². The van der Waals surface area contributed by atoms with Crippen molar-refractivity contribution in [3.05, 3.63) is 0 Å². The first-order valence-corrected chi connectivity index (χ1v) is 8.89. The molecule has 1 aliphatic rings. The fourth-order valence-electron chi connectivity index (χ4n) is 2.39. The van der Waals surface area contributed by atoms with Gasteiger partial charge in [0.05, 0.1) is 6.61 Å². The van der Waals surface area contributed by atoms with E-state index in [0.29, 0.717) is 19.8 Å². The Bertz CT molecular complexity index is 261. The molecule has 0 saturated carbocycles. The number of ether oxygens (including phenoxy) is 4. The van der Waals surface area contributed by atoms with Gasteiger partial charge in [-0.05, 0) is 19.3 Å². The van der Waals surface area contributed by atoms with E-state index in [-0.39, 0.29) is 12.2 Å². The Kier molecular flexibility index (Phi) is 11.1. The molecular weight excluding hydrogens is 284 g/mol. The van der Waals surface area contributed by atoms with E-state index in [9.17, 15) is 5.11 Å². The van der Waals surface area contributed by atoms with Crippen LogP contribution in [-0.4, -0.2) is 56.1 Å². The van der Waals surface area contributed by atoms with E-state index < -0.39 is 12.4 Å². The monoisotopic (exact) mass is 318 g/mol. The number of hydrogen-bond donors (Lipinski definition) is 1. The van der Waals surface area contributed by atoms with Gasteiger partial charge >= 0.3 is 0 Å². The van der Waals surface area contributed by atoms with Crippen LogP contribution in [0.2, 0.25) is 0 Å². The maximum Gasteiger partial charge on any atom is 0.184 e. The lowest BCUT2D eigenvalue weighted by atomic mass is 10.1. The van der Waals surface area contributed by atoms with Gasteiger partial charge < -0.3 is 24.1 Å². The van der Waals surface area contributed by atoms with E-state index in [1.807, 2.05) is 0 Å². The first kappa shape index (κ1) is 19.8. The summed E-state index contributed by atoms with van der Waals surface area (Å²) < 4.78 is 23.0. The summed E-state index contributed by atoms with van der Waals surface area (Å²) in [5.41, 5.74) is 0. The molecule has 1 unspecified atom stereocenters. The predicted octanol–water partition coefficient (Wildman–Crippen LogP) is 2.89. The third-order valence-corrected chi connectivity index (χ3v) is 3.83. The minimum atomic E-state index is -0.928. The molecule has 1 fully saturated rings. The van der Waals surface area contributed by atoms with E-state index in [1.165, 1.54) is 0 Å². The van der Waals surface area contributed by atoms with Gasteiger partial charge in [0.15, 0.2) is 6.29 Å². The molecule has 1 N–H and O–H groups in total. The zero-order valence-electron chi connectivity index (χ0n) is 14.5. The highest BCUT2D eigenvalue weighted by molar-refractivity contribution is 4.89. The third kappa shape index (κ3) is 6.92. The van der Waals surface area contributed by atoms with E-state index in [2.05, 4.69) is 20.8 Å². The molecule has 1 saturated heterocycles. The van der Waals surface area contributed by atoms with Crippen LogP contribution >= 0.6 is 0 Å². The molecule has 5 nitrogen and oxygen atoms in total. The topological polar surface area (TPSA) is 57.2 Å². The summed E-state index contributed by atoms with van der Waals surface area (Å²) in [6.07, 6.45) is 4.41. The van der Waals surface area contributed by atoms with Crippen LogP contribution < -0.4 is 0 Å². The summed E-state index contributed by atoms with van der Waals surface area (Å²) in [6, 6.07) is 0. The van der Waals surface area contributed by atoms with E-state index >= 15 is 0 Å². The molecule has 1 heterocycles. The van der Waals surface area contributed by atoms with E-state index in [4.69, 9.17) is 18.9 Å². The summed E-state index contributed by atoms with van der Waals surface area (Å²) in [5, 5.41) is 10.1. The summed E-state index contributed by atoms with van der Waals surface area (Å²) in [6.45, 7) is 8.83. The summed E-state index contributed by atoms with van der Waals surface area (Å²) in [4.78, 5) is 0. The highest BCUT2D eigenvalue weighted by Gasteiger charge is 2.45. The van der Waals surface area contributed by atoms with Gasteiger partial charge in [0.25, 0.3) is 0 Å². The number of rotatable bonds is 13. The average molecular weight is 318 g/mol. The quantitative estimate of drug-likeness (QED) is 0.529. The molecule has 0 aromatic rings. The maximum atomic E-state index is 10.1. The van der Waals surface area contributed by atoms with Crippen molar-refractivity contribution in [3.8, 4) is 0 Å². The Morgan fingerprint density at radius 2 is 1.36 bits per heavy atom. The molecule has 0 aliphatic carbocycles. The van der Waals surface area contributed by atoms with Crippen molar-refractivity contribution in [3.63, 3.8) is 0 Å². The molecule has 0 radical (unpaired) electrons. The van der Waals surface area contributed by atoms with Gasteiger partial charge in [-0.2, -0.15) is 0 Å². The second kappa shape index (κ2) is 12.3. The third-order valence-electron chi connectivity index (χ3n) is 3.83. The van der Waals surface area contributed by atoms with Crippen LogP contribution in [0.15, 0.2) is 0 Å². The maximum absolute atomic E-state index is 10.1. The molecule has 1 rings (SSSR count). The number of aliphatic hydroxyl groups is 1. The van der Waals surface area contributed by atoms with Crippen LogP contribution in [0.4, 0.5) is 0 Å². The lowest BCUT2D eigenvalue weighted by Crippen LogP contribution is -2.39. The minimum Gasteiger partial charge on any atom is -0.379 e. The Labute approximate surface area is 135 Å². The SMILES string of the molecule is CCCCOC[C@H]1O[C@@H](O)C(OCCCC)[C@@H]1OCCCC. The van der Waals surface area contributed by atoms with Crippen LogP contribution in [-0.2, 0) is 18.9 Å². The Morgan fingerprint density at radius 3 is 1.95 bits per heavy atom. The van der Waals surface area contributed by atoms with Crippen molar-refractivity contribution in [2.45, 2.75) is 83.9 Å². The highest BCUT2D eigenvalue weighted by Crippen LogP contribution is 2.26. The Balaban J connectivity index is 2.48. The predicted molar refractivity (Wildman–Crippen MR) is 85.9 cm³/mol. The molecule has 5 heteroatoms. The fourth-order valence-corrected chi connectivity index (χ4v) is 2.39. The molecule has 0 aromatic carbocycles. The van der Waals surface area contributed by atoms with Crippen LogP contribution in [0.5, 0.6) is 0 Å². The fraction of sp³-hybridized carbons (Fsp3) is 1.00. The highest BCUT2D eigenvalue weighted by atomic mass is 16.7. The lowest BCUT2D eigenvalue weighted by Gasteiger charge is -2.23. The lowest BCUT2D eigenvalue weighted by molar-refractivity contribution is -0.150. The molecule has 0 bridgehead atoms. The second-order valence-corrected chi connectivity index (χ2v) is 5.87. The van der Waals surface area contributed by atoms with E-state index in [1.54, 1.807) is 0 Å². The standard InChI is InChI=1S/C17H34O5/c1-4-7-10-19-13-14-15(20-11-8-5-2)16(17(18)22-14)21-12-9-6-3/h14-18H,4-13H2,1-3H3/t14-,15-,16?,17-/m1/s1. The second-order valence-electron chi connectivity index (χ2n) is 5.87. The van der Waals surface area contributed by atoms with E-state index in [0.717, 1.165) is 45.1 Å². The normalized spacial score (nSPS) is 28.4. The van der Waals surface area contributed by atoms with Crippen LogP contribution in [0, 0.1) is 0 Å². The largest absolute Gasteiger partial charge is 0.379 e. The molecule has 0 spiro atoms. The van der Waals surface area contributed by atoms with Gasteiger partial charge in [0.1, 0.15) is 18.3 Å². The molecule has 132 valence electrons. The van der Waals surface area contributed by atoms with Crippen molar-refractivity contribution >= 4 is 0 Å². The number of hydrogen-bond acceptors (Lipinski definition) is 5. The van der Waals surface area contributed by atoms with Gasteiger partial charge in [-0.3, -0.25) is 0 Å². The molecular formula is C17H34O5. The average Bonchev–Trinajstić information content (AvgIpc) is 2.80. The molecule has 1 aliphatic heterocycles. The Morgan fingerprint density at radius 1 is 0.818 bits per heavy atom. The molecule has 4 atom stereocenters. The summed E-state index contributed by atoms with van der Waals surface area (Å²) in [5.74, 6) is 0. The van der Waals surface area contributed by atoms with Crippen molar-refractivity contribution < 1.29 is 24.1 Å². The first-order chi connectivity index (χ1) is 10.7. The minimum absolute atomic E-state index is 0.250. The zero-order valence-corrected chi connectivity index (χ0v) is 14.5. The van der Waals surface area contributed by atoms with Crippen LogP contribution in [0.1, 0.15) is 59.3 Å². The molecule has 0 aromatic heterocycles. The summed E-state index contributed by atoms with van der Waals surface area (Å²) >= 11 is 0. The van der Waals surface area contributed by atoms with Gasteiger partial charge in [-0.25, -0.2) is 0 Å².